The van der Waals surface area contributed by atoms with Gasteiger partial charge in [0.05, 0.1) is 19.8 Å². The van der Waals surface area contributed by atoms with Gasteiger partial charge < -0.3 is 20.1 Å². The number of para-hydroxylation sites is 1. The summed E-state index contributed by atoms with van der Waals surface area (Å²) in [5.74, 6) is 1.79. The molecule has 1 saturated heterocycles. The molecular formula is C18H30N4O2. The van der Waals surface area contributed by atoms with Crippen LogP contribution in [0.4, 0.5) is 0 Å². The zero-order valence-corrected chi connectivity index (χ0v) is 15.1. The minimum absolute atomic E-state index is 0.607. The molecule has 1 fully saturated rings. The summed E-state index contributed by atoms with van der Waals surface area (Å²) in [6, 6.07) is 6.19. The van der Waals surface area contributed by atoms with E-state index in [9.17, 15) is 0 Å². The van der Waals surface area contributed by atoms with E-state index in [-0.39, 0.29) is 0 Å². The van der Waals surface area contributed by atoms with E-state index in [4.69, 9.17) is 9.47 Å². The van der Waals surface area contributed by atoms with Gasteiger partial charge in [0.25, 0.3) is 0 Å². The molecule has 6 heteroatoms. The van der Waals surface area contributed by atoms with Crippen molar-refractivity contribution in [2.75, 3.05) is 59.6 Å². The Bertz CT molecular complexity index is 508. The third-order valence-corrected chi connectivity index (χ3v) is 4.10. The number of hydrogen-bond acceptors (Lipinski definition) is 4. The first kappa shape index (κ1) is 18.5. The maximum absolute atomic E-state index is 5.89. The predicted molar refractivity (Wildman–Crippen MR) is 98.0 cm³/mol. The first-order chi connectivity index (χ1) is 11.7. The highest BCUT2D eigenvalue weighted by molar-refractivity contribution is 5.79. The number of morpholine rings is 1. The van der Waals surface area contributed by atoms with Crippen molar-refractivity contribution in [3.05, 3.63) is 29.3 Å². The number of rotatable bonds is 7. The van der Waals surface area contributed by atoms with Crippen LogP contribution in [0.2, 0.25) is 0 Å². The zero-order valence-electron chi connectivity index (χ0n) is 15.1. The Morgan fingerprint density at radius 2 is 1.83 bits per heavy atom. The average molecular weight is 334 g/mol. The second-order valence-corrected chi connectivity index (χ2v) is 5.95. The highest BCUT2D eigenvalue weighted by Crippen LogP contribution is 2.21. The summed E-state index contributed by atoms with van der Waals surface area (Å²) in [7, 11) is 1.79. The summed E-state index contributed by atoms with van der Waals surface area (Å²) in [5, 5.41) is 6.63. The minimum atomic E-state index is 0.607. The van der Waals surface area contributed by atoms with Crippen LogP contribution in [-0.4, -0.2) is 70.5 Å². The van der Waals surface area contributed by atoms with Crippen molar-refractivity contribution >= 4 is 5.96 Å². The summed E-state index contributed by atoms with van der Waals surface area (Å²) >= 11 is 0. The Morgan fingerprint density at radius 1 is 1.17 bits per heavy atom. The van der Waals surface area contributed by atoms with Gasteiger partial charge in [-0.05, 0) is 25.0 Å². The zero-order chi connectivity index (χ0) is 17.2. The molecule has 0 saturated carbocycles. The van der Waals surface area contributed by atoms with Crippen LogP contribution in [0.5, 0.6) is 5.75 Å². The topological polar surface area (TPSA) is 58.1 Å². The summed E-state index contributed by atoms with van der Waals surface area (Å²) in [4.78, 5) is 6.64. The third kappa shape index (κ3) is 6.02. The van der Waals surface area contributed by atoms with Gasteiger partial charge in [0.15, 0.2) is 5.96 Å². The molecule has 1 aliphatic heterocycles. The molecule has 0 aromatic heterocycles. The third-order valence-electron chi connectivity index (χ3n) is 4.10. The van der Waals surface area contributed by atoms with Gasteiger partial charge in [-0.15, -0.1) is 0 Å². The fraction of sp³-hybridized carbons (Fsp3) is 0.611. The van der Waals surface area contributed by atoms with E-state index in [1.165, 1.54) is 11.1 Å². The SMILES string of the molecule is CN=C(NCCOc1c(C)cccc1C)NCCN1CCOCC1. The molecule has 1 aliphatic rings. The van der Waals surface area contributed by atoms with Crippen molar-refractivity contribution in [1.82, 2.24) is 15.5 Å². The molecule has 0 amide bonds. The maximum atomic E-state index is 5.89. The van der Waals surface area contributed by atoms with Crippen molar-refractivity contribution < 1.29 is 9.47 Å². The molecule has 1 heterocycles. The number of nitrogens with one attached hydrogen (secondary N) is 2. The van der Waals surface area contributed by atoms with Gasteiger partial charge in [0.1, 0.15) is 12.4 Å². The molecule has 1 aromatic rings. The Hall–Kier alpha value is -1.79. The fourth-order valence-electron chi connectivity index (χ4n) is 2.73. The van der Waals surface area contributed by atoms with Crippen LogP contribution < -0.4 is 15.4 Å². The van der Waals surface area contributed by atoms with Gasteiger partial charge in [-0.3, -0.25) is 9.89 Å². The van der Waals surface area contributed by atoms with Crippen LogP contribution >= 0.6 is 0 Å². The normalized spacial score (nSPS) is 16.0. The summed E-state index contributed by atoms with van der Waals surface area (Å²) in [6.07, 6.45) is 0. The first-order valence-electron chi connectivity index (χ1n) is 8.64. The lowest BCUT2D eigenvalue weighted by atomic mass is 10.1. The van der Waals surface area contributed by atoms with Crippen LogP contribution in [0.15, 0.2) is 23.2 Å². The van der Waals surface area contributed by atoms with Gasteiger partial charge in [-0.1, -0.05) is 18.2 Å². The van der Waals surface area contributed by atoms with E-state index in [1.807, 2.05) is 0 Å². The van der Waals surface area contributed by atoms with Crippen LogP contribution in [0, 0.1) is 13.8 Å². The van der Waals surface area contributed by atoms with E-state index in [0.29, 0.717) is 13.2 Å². The quantitative estimate of drug-likeness (QED) is 0.445. The Kier molecular flexibility index (Phi) is 7.85. The van der Waals surface area contributed by atoms with Crippen molar-refractivity contribution in [1.29, 1.82) is 0 Å². The summed E-state index contributed by atoms with van der Waals surface area (Å²) in [6.45, 7) is 11.0. The molecule has 0 bridgehead atoms. The fourth-order valence-corrected chi connectivity index (χ4v) is 2.73. The number of nitrogens with zero attached hydrogens (tertiary/aromatic N) is 2. The highest BCUT2D eigenvalue weighted by atomic mass is 16.5. The smallest absolute Gasteiger partial charge is 0.191 e. The second kappa shape index (κ2) is 10.2. The Labute approximate surface area is 145 Å². The van der Waals surface area contributed by atoms with Gasteiger partial charge in [0, 0.05) is 33.2 Å². The van der Waals surface area contributed by atoms with Gasteiger partial charge in [-0.25, -0.2) is 0 Å². The number of hydrogen-bond donors (Lipinski definition) is 2. The van der Waals surface area contributed by atoms with Gasteiger partial charge in [0.2, 0.25) is 0 Å². The molecule has 24 heavy (non-hydrogen) atoms. The largest absolute Gasteiger partial charge is 0.491 e. The minimum Gasteiger partial charge on any atom is -0.491 e. The van der Waals surface area contributed by atoms with Gasteiger partial charge >= 0.3 is 0 Å². The van der Waals surface area contributed by atoms with E-state index < -0.39 is 0 Å². The lowest BCUT2D eigenvalue weighted by Crippen LogP contribution is -2.45. The Balaban J connectivity index is 1.63. The van der Waals surface area contributed by atoms with E-state index in [0.717, 1.165) is 51.1 Å². The molecule has 134 valence electrons. The monoisotopic (exact) mass is 334 g/mol. The summed E-state index contributed by atoms with van der Waals surface area (Å²) in [5.41, 5.74) is 2.34. The number of benzene rings is 1. The molecule has 1 aromatic carbocycles. The van der Waals surface area contributed by atoms with Crippen molar-refractivity contribution in [3.63, 3.8) is 0 Å². The molecule has 0 spiro atoms. The van der Waals surface area contributed by atoms with E-state index >= 15 is 0 Å². The molecule has 2 rings (SSSR count). The molecule has 0 radical (unpaired) electrons. The lowest BCUT2D eigenvalue weighted by Gasteiger charge is -2.26. The molecule has 2 N–H and O–H groups in total. The Morgan fingerprint density at radius 3 is 2.50 bits per heavy atom. The van der Waals surface area contributed by atoms with Crippen molar-refractivity contribution in [2.45, 2.75) is 13.8 Å². The van der Waals surface area contributed by atoms with Crippen LogP contribution in [0.1, 0.15) is 11.1 Å². The van der Waals surface area contributed by atoms with E-state index in [2.05, 4.69) is 52.6 Å². The number of aliphatic imine (C=N–C) groups is 1. The number of guanidine groups is 1. The number of ether oxygens (including phenoxy) is 2. The van der Waals surface area contributed by atoms with Crippen LogP contribution in [-0.2, 0) is 4.74 Å². The van der Waals surface area contributed by atoms with Crippen LogP contribution in [0.25, 0.3) is 0 Å². The first-order valence-corrected chi connectivity index (χ1v) is 8.64. The number of aryl methyl sites for hydroxylation is 2. The van der Waals surface area contributed by atoms with Crippen LogP contribution in [0.3, 0.4) is 0 Å². The molecular weight excluding hydrogens is 304 g/mol. The predicted octanol–water partition coefficient (Wildman–Crippen LogP) is 1.18. The van der Waals surface area contributed by atoms with Crippen molar-refractivity contribution in [2.24, 2.45) is 4.99 Å². The standard InChI is InChI=1S/C18H30N4O2/c1-15-5-4-6-16(2)17(15)24-12-8-21-18(19-3)20-7-9-22-10-13-23-14-11-22/h4-6H,7-14H2,1-3H3,(H2,19,20,21). The second-order valence-electron chi connectivity index (χ2n) is 5.95. The average Bonchev–Trinajstić information content (AvgIpc) is 2.60. The van der Waals surface area contributed by atoms with Crippen molar-refractivity contribution in [3.8, 4) is 5.75 Å². The van der Waals surface area contributed by atoms with E-state index in [1.54, 1.807) is 7.05 Å². The molecule has 0 atom stereocenters. The lowest BCUT2D eigenvalue weighted by molar-refractivity contribution is 0.0389. The highest BCUT2D eigenvalue weighted by Gasteiger charge is 2.09. The van der Waals surface area contributed by atoms with Gasteiger partial charge in [-0.2, -0.15) is 0 Å². The maximum Gasteiger partial charge on any atom is 0.191 e. The molecule has 0 aliphatic carbocycles. The molecule has 6 nitrogen and oxygen atoms in total. The summed E-state index contributed by atoms with van der Waals surface area (Å²) < 4.78 is 11.2. The molecule has 0 unspecified atom stereocenters.